The number of carbonyl (C=O) groups excluding carboxylic acids is 1. The summed E-state index contributed by atoms with van der Waals surface area (Å²) in [7, 11) is 0. The number of hydrogen-bond acceptors (Lipinski definition) is 5. The fraction of sp³-hybridized carbons (Fsp3) is 0.133. The van der Waals surface area contributed by atoms with Crippen LogP contribution in [-0.4, -0.2) is 35.5 Å². The van der Waals surface area contributed by atoms with Gasteiger partial charge < -0.3 is 0 Å². The van der Waals surface area contributed by atoms with E-state index in [0.29, 0.717) is 28.0 Å². The topological polar surface area (TPSA) is 78.5 Å². The van der Waals surface area contributed by atoms with Crippen molar-refractivity contribution < 1.29 is 4.79 Å². The highest BCUT2D eigenvalue weighted by molar-refractivity contribution is 6.44. The van der Waals surface area contributed by atoms with Gasteiger partial charge in [0, 0.05) is 16.8 Å². The van der Waals surface area contributed by atoms with Gasteiger partial charge >= 0.3 is 0 Å². The normalized spacial score (nSPS) is 19.5. The molecule has 0 radical (unpaired) electrons. The van der Waals surface area contributed by atoms with Gasteiger partial charge in [0.2, 0.25) is 0 Å². The number of rotatable bonds is 3. The molecule has 0 saturated heterocycles. The van der Waals surface area contributed by atoms with Gasteiger partial charge in [0.05, 0.1) is 0 Å². The van der Waals surface area contributed by atoms with Crippen LogP contribution >= 0.6 is 11.6 Å². The number of dihydropyridines is 1. The number of allylic oxidation sites excluding steroid dienone is 1. The van der Waals surface area contributed by atoms with Crippen LogP contribution in [0.3, 0.4) is 0 Å². The first kappa shape index (κ1) is 14.3. The Kier molecular flexibility index (Phi) is 3.93. The molecule has 0 aromatic heterocycles. The van der Waals surface area contributed by atoms with Crippen LogP contribution in [0.5, 0.6) is 0 Å². The minimum absolute atomic E-state index is 0.155. The Bertz CT molecular complexity index is 759. The van der Waals surface area contributed by atoms with E-state index in [4.69, 9.17) is 11.6 Å². The van der Waals surface area contributed by atoms with Crippen LogP contribution in [0, 0.1) is 0 Å². The molecular weight excluding hydrogens is 302 g/mol. The summed E-state index contributed by atoms with van der Waals surface area (Å²) in [6, 6.07) is 6.40. The van der Waals surface area contributed by atoms with Gasteiger partial charge in [-0.25, -0.2) is 20.4 Å². The molecule has 7 heteroatoms. The molecule has 1 aromatic carbocycles. The Labute approximate surface area is 132 Å². The van der Waals surface area contributed by atoms with E-state index in [1.807, 2.05) is 12.2 Å². The van der Waals surface area contributed by atoms with Crippen molar-refractivity contribution >= 4 is 41.1 Å². The van der Waals surface area contributed by atoms with Crippen molar-refractivity contribution in [3.63, 3.8) is 0 Å². The first-order valence-electron chi connectivity index (χ1n) is 6.61. The van der Waals surface area contributed by atoms with Gasteiger partial charge in [0.15, 0.2) is 11.7 Å². The molecule has 1 aromatic rings. The smallest absolute Gasteiger partial charge is 0.267 e. The lowest BCUT2D eigenvalue weighted by atomic mass is 10.2. The van der Waals surface area contributed by atoms with Crippen LogP contribution in [0.4, 0.5) is 0 Å². The Morgan fingerprint density at radius 3 is 2.82 bits per heavy atom. The molecule has 1 amide bonds. The second-order valence-electron chi connectivity index (χ2n) is 4.68. The molecule has 1 unspecified atom stereocenters. The molecule has 2 aliphatic rings. The lowest BCUT2D eigenvalue weighted by Gasteiger charge is -2.02. The molecule has 3 rings (SSSR count). The summed E-state index contributed by atoms with van der Waals surface area (Å²) >= 11 is 5.78. The van der Waals surface area contributed by atoms with Gasteiger partial charge in [-0.05, 0) is 37.3 Å². The van der Waals surface area contributed by atoms with Crippen molar-refractivity contribution in [1.29, 1.82) is 0 Å². The second-order valence-corrected chi connectivity index (χ2v) is 5.11. The molecule has 0 saturated carbocycles. The van der Waals surface area contributed by atoms with Gasteiger partial charge in [0.1, 0.15) is 11.8 Å². The highest BCUT2D eigenvalue weighted by Crippen LogP contribution is 2.12. The third-order valence-corrected chi connectivity index (χ3v) is 3.34. The van der Waals surface area contributed by atoms with Crippen molar-refractivity contribution in [2.45, 2.75) is 13.0 Å². The summed E-state index contributed by atoms with van der Waals surface area (Å²) in [4.78, 5) is 24.8. The van der Waals surface area contributed by atoms with Crippen molar-refractivity contribution in [1.82, 2.24) is 5.43 Å². The number of nitrogens with zero attached hydrogens (tertiary/aromatic N) is 4. The SMILES string of the molecule is C/C(=N\NC(=O)c1ccc(Cl)cc1)C1=NC2C=CC=NC2=N1. The van der Waals surface area contributed by atoms with E-state index < -0.39 is 0 Å². The predicted molar refractivity (Wildman–Crippen MR) is 88.3 cm³/mol. The minimum atomic E-state index is -0.322. The summed E-state index contributed by atoms with van der Waals surface area (Å²) in [5.41, 5.74) is 3.47. The molecule has 2 aliphatic heterocycles. The van der Waals surface area contributed by atoms with Gasteiger partial charge in [-0.2, -0.15) is 5.10 Å². The number of amides is 1. The molecule has 22 heavy (non-hydrogen) atoms. The van der Waals surface area contributed by atoms with E-state index in [9.17, 15) is 4.79 Å². The van der Waals surface area contributed by atoms with Crippen LogP contribution in [-0.2, 0) is 0 Å². The Morgan fingerprint density at radius 1 is 1.32 bits per heavy atom. The second kappa shape index (κ2) is 6.03. The molecule has 110 valence electrons. The Balaban J connectivity index is 1.69. The summed E-state index contributed by atoms with van der Waals surface area (Å²) in [5.74, 6) is 0.786. The predicted octanol–water partition coefficient (Wildman–Crippen LogP) is 2.27. The zero-order chi connectivity index (χ0) is 15.5. The third kappa shape index (κ3) is 3.01. The first-order chi connectivity index (χ1) is 10.6. The number of hydrazone groups is 1. The highest BCUT2D eigenvalue weighted by Gasteiger charge is 2.22. The van der Waals surface area contributed by atoms with Crippen molar-refractivity contribution in [3.8, 4) is 0 Å². The maximum atomic E-state index is 12.0. The molecule has 6 nitrogen and oxygen atoms in total. The van der Waals surface area contributed by atoms with Crippen molar-refractivity contribution in [3.05, 3.63) is 47.0 Å². The monoisotopic (exact) mass is 313 g/mol. The lowest BCUT2D eigenvalue weighted by molar-refractivity contribution is 0.0955. The number of hydrogen-bond donors (Lipinski definition) is 1. The maximum absolute atomic E-state index is 12.0. The number of aliphatic imine (C=N–C) groups is 3. The van der Waals surface area contributed by atoms with Crippen LogP contribution < -0.4 is 5.43 Å². The van der Waals surface area contributed by atoms with Gasteiger partial charge in [-0.3, -0.25) is 4.79 Å². The molecule has 0 spiro atoms. The zero-order valence-electron chi connectivity index (χ0n) is 11.7. The largest absolute Gasteiger partial charge is 0.271 e. The van der Waals surface area contributed by atoms with E-state index in [1.165, 1.54) is 0 Å². The number of halogens is 1. The number of benzene rings is 1. The molecule has 0 fully saturated rings. The first-order valence-corrected chi connectivity index (χ1v) is 6.99. The molecule has 1 atom stereocenters. The van der Waals surface area contributed by atoms with E-state index in [1.54, 1.807) is 37.4 Å². The van der Waals surface area contributed by atoms with Crippen molar-refractivity contribution in [2.24, 2.45) is 20.1 Å². The van der Waals surface area contributed by atoms with Gasteiger partial charge in [0.25, 0.3) is 5.91 Å². The number of carbonyl (C=O) groups is 1. The van der Waals surface area contributed by atoms with Crippen LogP contribution in [0.2, 0.25) is 5.02 Å². The van der Waals surface area contributed by atoms with Crippen LogP contribution in [0.25, 0.3) is 0 Å². The summed E-state index contributed by atoms with van der Waals surface area (Å²) in [5, 5.41) is 4.61. The van der Waals surface area contributed by atoms with Crippen LogP contribution in [0.1, 0.15) is 17.3 Å². The Hall–Kier alpha value is -2.60. The highest BCUT2D eigenvalue weighted by atomic mass is 35.5. The fourth-order valence-electron chi connectivity index (χ4n) is 1.93. The Morgan fingerprint density at radius 2 is 2.09 bits per heavy atom. The van der Waals surface area contributed by atoms with Crippen LogP contribution in [0.15, 0.2) is 56.5 Å². The summed E-state index contributed by atoms with van der Waals surface area (Å²) in [6.07, 6.45) is 5.39. The average molecular weight is 314 g/mol. The quantitative estimate of drug-likeness (QED) is 0.674. The summed E-state index contributed by atoms with van der Waals surface area (Å²) < 4.78 is 0. The maximum Gasteiger partial charge on any atom is 0.271 e. The molecule has 2 heterocycles. The van der Waals surface area contributed by atoms with Gasteiger partial charge in [-0.15, -0.1) is 0 Å². The van der Waals surface area contributed by atoms with E-state index >= 15 is 0 Å². The van der Waals surface area contributed by atoms with E-state index in [-0.39, 0.29) is 11.9 Å². The molecule has 0 aliphatic carbocycles. The molecule has 1 N–H and O–H groups in total. The number of nitrogens with one attached hydrogen (secondary N) is 1. The van der Waals surface area contributed by atoms with Gasteiger partial charge in [-0.1, -0.05) is 17.7 Å². The minimum Gasteiger partial charge on any atom is -0.267 e. The number of amidine groups is 2. The van der Waals surface area contributed by atoms with E-state index in [0.717, 1.165) is 0 Å². The lowest BCUT2D eigenvalue weighted by Crippen LogP contribution is -2.21. The average Bonchev–Trinajstić information content (AvgIpc) is 2.97. The van der Waals surface area contributed by atoms with Crippen molar-refractivity contribution in [2.75, 3.05) is 0 Å². The molecular formula is C15H12ClN5O. The summed E-state index contributed by atoms with van der Waals surface area (Å²) in [6.45, 7) is 1.73. The zero-order valence-corrected chi connectivity index (χ0v) is 12.4. The fourth-order valence-corrected chi connectivity index (χ4v) is 2.05. The number of fused-ring (bicyclic) bond motifs is 1. The third-order valence-electron chi connectivity index (χ3n) is 3.09. The molecule has 0 bridgehead atoms. The standard InChI is InChI=1S/C15H12ClN5O/c1-9(13-18-12-3-2-8-17-14(12)19-13)20-21-15(22)10-4-6-11(16)7-5-10/h2-8,12H,1H3,(H,21,22)/b20-9+. The van der Waals surface area contributed by atoms with E-state index in [2.05, 4.69) is 25.5 Å².